The van der Waals surface area contributed by atoms with E-state index in [2.05, 4.69) is 20.4 Å². The second kappa shape index (κ2) is 13.1. The van der Waals surface area contributed by atoms with Crippen molar-refractivity contribution in [3.8, 4) is 11.5 Å². The van der Waals surface area contributed by atoms with Gasteiger partial charge in [-0.3, -0.25) is 9.36 Å². The summed E-state index contributed by atoms with van der Waals surface area (Å²) in [5.41, 5.74) is 4.07. The van der Waals surface area contributed by atoms with Crippen molar-refractivity contribution >= 4 is 29.1 Å². The summed E-state index contributed by atoms with van der Waals surface area (Å²) < 4.78 is 18.8. The molecule has 5 rings (SSSR count). The summed E-state index contributed by atoms with van der Waals surface area (Å²) in [5, 5.41) is 0. The fraction of sp³-hybridized carbons (Fsp3) is 0.229. The number of carbonyl (C=O) groups is 1. The van der Waals surface area contributed by atoms with E-state index in [1.54, 1.807) is 36.8 Å². The second-order valence-corrected chi connectivity index (χ2v) is 11.3. The quantitative estimate of drug-likeness (QED) is 0.176. The predicted molar refractivity (Wildman–Crippen MR) is 170 cm³/mol. The molecule has 0 spiro atoms. The molecule has 3 aromatic carbocycles. The third-order valence-corrected chi connectivity index (χ3v) is 8.12. The van der Waals surface area contributed by atoms with Crippen LogP contribution in [0.1, 0.15) is 55.0 Å². The van der Waals surface area contributed by atoms with E-state index in [-0.39, 0.29) is 12.2 Å². The normalized spacial score (nSPS) is 14.7. The van der Waals surface area contributed by atoms with Gasteiger partial charge >= 0.3 is 5.97 Å². The fourth-order valence-electron chi connectivity index (χ4n) is 5.01. The maximum atomic E-state index is 14.1. The molecular formula is C35H34N2O5S. The van der Waals surface area contributed by atoms with Crippen LogP contribution in [0.2, 0.25) is 0 Å². The Hall–Kier alpha value is -4.69. The van der Waals surface area contributed by atoms with E-state index in [0.29, 0.717) is 44.6 Å². The van der Waals surface area contributed by atoms with E-state index >= 15 is 0 Å². The highest BCUT2D eigenvalue weighted by Gasteiger charge is 2.35. The number of thiazole rings is 1. The van der Waals surface area contributed by atoms with Gasteiger partial charge in [-0.25, -0.2) is 9.79 Å². The van der Waals surface area contributed by atoms with Gasteiger partial charge in [0, 0.05) is 5.56 Å². The lowest BCUT2D eigenvalue weighted by Crippen LogP contribution is -2.40. The van der Waals surface area contributed by atoms with Gasteiger partial charge in [0.15, 0.2) is 16.3 Å². The van der Waals surface area contributed by atoms with Crippen LogP contribution in [0.15, 0.2) is 101 Å². The van der Waals surface area contributed by atoms with E-state index in [0.717, 1.165) is 22.3 Å². The molecule has 0 radical (unpaired) electrons. The number of hydrogen-bond donors (Lipinski definition) is 0. The smallest absolute Gasteiger partial charge is 0.338 e. The van der Waals surface area contributed by atoms with E-state index in [1.807, 2.05) is 66.7 Å². The lowest BCUT2D eigenvalue weighted by Gasteiger charge is -2.26. The molecule has 0 saturated heterocycles. The minimum Gasteiger partial charge on any atom is -0.493 e. The highest BCUT2D eigenvalue weighted by molar-refractivity contribution is 7.07. The molecular weight excluding hydrogens is 560 g/mol. The average molecular weight is 595 g/mol. The number of esters is 1. The van der Waals surface area contributed by atoms with E-state index in [1.165, 1.54) is 11.3 Å². The van der Waals surface area contributed by atoms with Crippen molar-refractivity contribution in [1.82, 2.24) is 4.57 Å². The lowest BCUT2D eigenvalue weighted by molar-refractivity contribution is -0.138. The zero-order chi connectivity index (χ0) is 30.5. The molecule has 4 aromatic rings. The number of benzene rings is 3. The topological polar surface area (TPSA) is 79.1 Å². The van der Waals surface area contributed by atoms with Gasteiger partial charge in [-0.15, -0.1) is 0 Å². The summed E-state index contributed by atoms with van der Waals surface area (Å²) in [6, 6.07) is 22.3. The molecule has 0 aliphatic carbocycles. The molecule has 43 heavy (non-hydrogen) atoms. The molecule has 1 atom stereocenters. The van der Waals surface area contributed by atoms with Crippen LogP contribution in [0.3, 0.4) is 0 Å². The molecule has 0 unspecified atom stereocenters. The minimum absolute atomic E-state index is 0.197. The molecule has 1 aromatic heterocycles. The van der Waals surface area contributed by atoms with Crippen molar-refractivity contribution in [2.24, 2.45) is 4.99 Å². The van der Waals surface area contributed by atoms with Gasteiger partial charge in [0.1, 0.15) is 6.61 Å². The number of aromatic nitrogens is 1. The number of rotatable bonds is 10. The summed E-state index contributed by atoms with van der Waals surface area (Å²) >= 11 is 1.28. The molecule has 1 aliphatic heterocycles. The Balaban J connectivity index is 1.75. The first-order chi connectivity index (χ1) is 20.9. The van der Waals surface area contributed by atoms with Gasteiger partial charge < -0.3 is 14.2 Å². The van der Waals surface area contributed by atoms with Crippen molar-refractivity contribution in [2.45, 2.75) is 32.7 Å². The largest absolute Gasteiger partial charge is 0.493 e. The summed E-state index contributed by atoms with van der Waals surface area (Å²) in [7, 11) is 1.57. The Morgan fingerprint density at radius 2 is 1.81 bits per heavy atom. The highest BCUT2D eigenvalue weighted by atomic mass is 32.1. The molecule has 8 heteroatoms. The Morgan fingerprint density at radius 1 is 1.07 bits per heavy atom. The molecule has 0 N–H and O–H groups in total. The van der Waals surface area contributed by atoms with Gasteiger partial charge in [-0.2, -0.15) is 0 Å². The van der Waals surface area contributed by atoms with E-state index in [9.17, 15) is 9.59 Å². The van der Waals surface area contributed by atoms with Crippen molar-refractivity contribution in [3.05, 3.63) is 133 Å². The van der Waals surface area contributed by atoms with Crippen LogP contribution in [-0.2, 0) is 9.53 Å². The van der Waals surface area contributed by atoms with Crippen molar-refractivity contribution in [2.75, 3.05) is 20.3 Å². The molecule has 7 nitrogen and oxygen atoms in total. The van der Waals surface area contributed by atoms with Crippen LogP contribution in [-0.4, -0.2) is 30.9 Å². The highest BCUT2D eigenvalue weighted by Crippen LogP contribution is 2.35. The van der Waals surface area contributed by atoms with Crippen molar-refractivity contribution in [3.63, 3.8) is 0 Å². The molecule has 1 aliphatic rings. The standard InChI is InChI=1S/C35H34N2O5S/c1-6-19-42-27-18-13-23(20-28(27)40-5)21-29-33(38)37-32(26-16-14-24(15-17-26)22(3)4)30(34(39)41-7-2)31(36-35(37)43-29)25-11-9-8-10-12-25/h6,8-18,20-22,32H,1,7,19H2,2-5H3/b29-21-/t32-/m1/s1. The fourth-order valence-corrected chi connectivity index (χ4v) is 6.01. The van der Waals surface area contributed by atoms with Crippen LogP contribution in [0.4, 0.5) is 0 Å². The Labute approximate surface area is 254 Å². The van der Waals surface area contributed by atoms with Gasteiger partial charge in [-0.1, -0.05) is 98.5 Å². The van der Waals surface area contributed by atoms with Crippen molar-refractivity contribution in [1.29, 1.82) is 0 Å². The first-order valence-electron chi connectivity index (χ1n) is 14.2. The Kier molecular flexibility index (Phi) is 9.07. The van der Waals surface area contributed by atoms with Crippen molar-refractivity contribution < 1.29 is 19.0 Å². The number of fused-ring (bicyclic) bond motifs is 1. The lowest BCUT2D eigenvalue weighted by atomic mass is 9.91. The van der Waals surface area contributed by atoms with Gasteiger partial charge in [-0.05, 0) is 47.7 Å². The van der Waals surface area contributed by atoms with E-state index in [4.69, 9.17) is 19.2 Å². The van der Waals surface area contributed by atoms with Crippen LogP contribution in [0, 0.1) is 0 Å². The number of nitrogens with zero attached hydrogens (tertiary/aromatic N) is 2. The first kappa shape index (κ1) is 29.8. The predicted octanol–water partition coefficient (Wildman–Crippen LogP) is 5.63. The SMILES string of the molecule is C=CCOc1ccc(/C=c2\sc3n(c2=O)[C@H](c2ccc(C(C)C)cc2)C(C(=O)OCC)=C(c2ccccc2)N=3)cc1OC. The zero-order valence-electron chi connectivity index (χ0n) is 24.7. The summed E-state index contributed by atoms with van der Waals surface area (Å²) in [5.74, 6) is 0.957. The first-order valence-corrected chi connectivity index (χ1v) is 15.0. The Bertz CT molecular complexity index is 1850. The van der Waals surface area contributed by atoms with Crippen LogP contribution in [0.5, 0.6) is 11.5 Å². The summed E-state index contributed by atoms with van der Waals surface area (Å²) in [6.45, 7) is 10.3. The van der Waals surface area contributed by atoms with Gasteiger partial charge in [0.05, 0.1) is 35.6 Å². The maximum Gasteiger partial charge on any atom is 0.338 e. The molecule has 0 bridgehead atoms. The van der Waals surface area contributed by atoms with Crippen LogP contribution >= 0.6 is 11.3 Å². The van der Waals surface area contributed by atoms with Gasteiger partial charge in [0.25, 0.3) is 5.56 Å². The summed E-state index contributed by atoms with van der Waals surface area (Å²) in [4.78, 5) is 33.2. The Morgan fingerprint density at radius 3 is 2.47 bits per heavy atom. The third-order valence-electron chi connectivity index (χ3n) is 7.13. The van der Waals surface area contributed by atoms with Crippen LogP contribution in [0.25, 0.3) is 11.8 Å². The third kappa shape index (κ3) is 6.10. The average Bonchev–Trinajstić information content (AvgIpc) is 3.34. The van der Waals surface area contributed by atoms with Gasteiger partial charge in [0.2, 0.25) is 0 Å². The minimum atomic E-state index is -0.724. The monoisotopic (exact) mass is 594 g/mol. The maximum absolute atomic E-state index is 14.1. The second-order valence-electron chi connectivity index (χ2n) is 10.3. The summed E-state index contributed by atoms with van der Waals surface area (Å²) in [6.07, 6.45) is 3.47. The molecule has 2 heterocycles. The van der Waals surface area contributed by atoms with E-state index < -0.39 is 12.0 Å². The number of carbonyl (C=O) groups excluding carboxylic acids is 1. The van der Waals surface area contributed by atoms with Crippen LogP contribution < -0.4 is 24.4 Å². The molecule has 220 valence electrons. The molecule has 0 saturated carbocycles. The number of ether oxygens (including phenoxy) is 3. The number of methoxy groups -OCH3 is 1. The molecule has 0 fully saturated rings. The number of hydrogen-bond acceptors (Lipinski definition) is 7. The zero-order valence-corrected chi connectivity index (χ0v) is 25.5. The molecule has 0 amide bonds.